The van der Waals surface area contributed by atoms with Crippen LogP contribution >= 0.6 is 12.2 Å². The van der Waals surface area contributed by atoms with E-state index < -0.39 is 0 Å². The molecule has 8 heteroatoms. The summed E-state index contributed by atoms with van der Waals surface area (Å²) in [5, 5.41) is 16.0. The van der Waals surface area contributed by atoms with Crippen molar-refractivity contribution in [3.63, 3.8) is 0 Å². The highest BCUT2D eigenvalue weighted by Gasteiger charge is 2.20. The van der Waals surface area contributed by atoms with Crippen LogP contribution in [0.4, 0.5) is 0 Å². The number of hydrogen-bond donors (Lipinski definition) is 1. The molecule has 3 aromatic rings. The van der Waals surface area contributed by atoms with Crippen LogP contribution in [-0.2, 0) is 7.05 Å². The predicted molar refractivity (Wildman–Crippen MR) is 81.0 cm³/mol. The standard InChI is InChI=1S/C13H17N7S/c1-8-5-14-19(6-8)10(3)12-15-16-13(21)20(12)11-7-18(4)17-9(11)2/h5-7,10H,1-4H3,(H,16,21). The average molecular weight is 303 g/mol. The summed E-state index contributed by atoms with van der Waals surface area (Å²) < 4.78 is 6.12. The van der Waals surface area contributed by atoms with Gasteiger partial charge in [0, 0.05) is 19.4 Å². The first-order valence-electron chi connectivity index (χ1n) is 6.66. The van der Waals surface area contributed by atoms with Gasteiger partial charge in [0.25, 0.3) is 0 Å². The second-order valence-corrected chi connectivity index (χ2v) is 5.56. The van der Waals surface area contributed by atoms with E-state index in [1.807, 2.05) is 55.7 Å². The number of rotatable bonds is 3. The van der Waals surface area contributed by atoms with E-state index >= 15 is 0 Å². The zero-order chi connectivity index (χ0) is 15.1. The fourth-order valence-electron chi connectivity index (χ4n) is 2.39. The van der Waals surface area contributed by atoms with Crippen molar-refractivity contribution in [3.05, 3.63) is 40.4 Å². The molecule has 3 heterocycles. The molecule has 1 unspecified atom stereocenters. The smallest absolute Gasteiger partial charge is 0.200 e. The molecule has 21 heavy (non-hydrogen) atoms. The summed E-state index contributed by atoms with van der Waals surface area (Å²) in [4.78, 5) is 0. The number of aromatic amines is 1. The number of hydrogen-bond acceptors (Lipinski definition) is 4. The zero-order valence-corrected chi connectivity index (χ0v) is 13.2. The van der Waals surface area contributed by atoms with Gasteiger partial charge in [-0.15, -0.1) is 0 Å². The summed E-state index contributed by atoms with van der Waals surface area (Å²) in [5.74, 6) is 0.805. The molecule has 0 fully saturated rings. The first-order valence-corrected chi connectivity index (χ1v) is 7.07. The third kappa shape index (κ3) is 2.31. The number of H-pyrrole nitrogens is 1. The van der Waals surface area contributed by atoms with Crippen molar-refractivity contribution in [2.75, 3.05) is 0 Å². The van der Waals surface area contributed by atoms with Crippen LogP contribution in [0.5, 0.6) is 0 Å². The maximum absolute atomic E-state index is 5.38. The molecule has 0 saturated heterocycles. The molecule has 0 aliphatic heterocycles. The predicted octanol–water partition coefficient (Wildman–Crippen LogP) is 2.09. The van der Waals surface area contributed by atoms with Gasteiger partial charge in [0.05, 0.1) is 17.6 Å². The van der Waals surface area contributed by atoms with E-state index in [0.717, 1.165) is 22.8 Å². The van der Waals surface area contributed by atoms with Crippen molar-refractivity contribution in [2.45, 2.75) is 26.8 Å². The van der Waals surface area contributed by atoms with E-state index in [0.29, 0.717) is 4.77 Å². The highest BCUT2D eigenvalue weighted by atomic mass is 32.1. The van der Waals surface area contributed by atoms with Crippen LogP contribution in [0.2, 0.25) is 0 Å². The quantitative estimate of drug-likeness (QED) is 0.752. The van der Waals surface area contributed by atoms with E-state index in [4.69, 9.17) is 12.2 Å². The van der Waals surface area contributed by atoms with Gasteiger partial charge in [-0.3, -0.25) is 19.0 Å². The molecular formula is C13H17N7S. The minimum absolute atomic E-state index is 0.0359. The van der Waals surface area contributed by atoms with Gasteiger partial charge in [-0.05, 0) is 38.6 Å². The van der Waals surface area contributed by atoms with Gasteiger partial charge >= 0.3 is 0 Å². The number of aromatic nitrogens is 7. The fourth-order valence-corrected chi connectivity index (χ4v) is 2.63. The summed E-state index contributed by atoms with van der Waals surface area (Å²) in [6.07, 6.45) is 5.76. The van der Waals surface area contributed by atoms with Gasteiger partial charge < -0.3 is 0 Å². The topological polar surface area (TPSA) is 69.2 Å². The summed E-state index contributed by atoms with van der Waals surface area (Å²) in [6, 6.07) is -0.0359. The molecule has 0 radical (unpaired) electrons. The Morgan fingerprint density at radius 3 is 2.62 bits per heavy atom. The van der Waals surface area contributed by atoms with Crippen LogP contribution < -0.4 is 0 Å². The normalized spacial score (nSPS) is 12.8. The molecule has 0 aliphatic carbocycles. The maximum Gasteiger partial charge on any atom is 0.200 e. The Balaban J connectivity index is 2.13. The molecule has 3 aromatic heterocycles. The van der Waals surface area contributed by atoms with Gasteiger partial charge in [0.2, 0.25) is 0 Å². The fraction of sp³-hybridized carbons (Fsp3) is 0.385. The van der Waals surface area contributed by atoms with Crippen molar-refractivity contribution in [3.8, 4) is 5.69 Å². The largest absolute Gasteiger partial charge is 0.273 e. The van der Waals surface area contributed by atoms with Gasteiger partial charge in [-0.1, -0.05) is 0 Å². The number of aryl methyl sites for hydroxylation is 3. The lowest BCUT2D eigenvalue weighted by Gasteiger charge is -2.13. The van der Waals surface area contributed by atoms with E-state index in [9.17, 15) is 0 Å². The Bertz CT molecular complexity index is 835. The van der Waals surface area contributed by atoms with Crippen LogP contribution in [-0.4, -0.2) is 34.3 Å². The van der Waals surface area contributed by atoms with Crippen LogP contribution in [0.25, 0.3) is 5.69 Å². The Morgan fingerprint density at radius 1 is 1.29 bits per heavy atom. The summed E-state index contributed by atoms with van der Waals surface area (Å²) in [7, 11) is 1.89. The van der Waals surface area contributed by atoms with Gasteiger partial charge in [0.15, 0.2) is 10.6 Å². The zero-order valence-electron chi connectivity index (χ0n) is 12.4. The molecule has 1 N–H and O–H groups in total. The van der Waals surface area contributed by atoms with Gasteiger partial charge in [0.1, 0.15) is 6.04 Å². The lowest BCUT2D eigenvalue weighted by Crippen LogP contribution is -2.13. The van der Waals surface area contributed by atoms with Crippen molar-refractivity contribution in [1.82, 2.24) is 34.3 Å². The highest BCUT2D eigenvalue weighted by Crippen LogP contribution is 2.21. The van der Waals surface area contributed by atoms with Crippen molar-refractivity contribution < 1.29 is 0 Å². The van der Waals surface area contributed by atoms with Crippen LogP contribution in [0.3, 0.4) is 0 Å². The summed E-state index contributed by atoms with van der Waals surface area (Å²) in [5.41, 5.74) is 2.95. The molecule has 110 valence electrons. The van der Waals surface area contributed by atoms with E-state index in [1.165, 1.54) is 0 Å². The highest BCUT2D eigenvalue weighted by molar-refractivity contribution is 7.71. The van der Waals surface area contributed by atoms with E-state index in [1.54, 1.807) is 4.68 Å². The summed E-state index contributed by atoms with van der Waals surface area (Å²) in [6.45, 7) is 6.01. The summed E-state index contributed by atoms with van der Waals surface area (Å²) >= 11 is 5.38. The van der Waals surface area contributed by atoms with Crippen LogP contribution in [0, 0.1) is 18.6 Å². The SMILES string of the molecule is Cc1cnn(C(C)c2n[nH]c(=S)n2-c2cn(C)nc2C)c1. The molecule has 7 nitrogen and oxygen atoms in total. The minimum Gasteiger partial charge on any atom is -0.273 e. The van der Waals surface area contributed by atoms with E-state index in [-0.39, 0.29) is 6.04 Å². The maximum atomic E-state index is 5.38. The average Bonchev–Trinajstić information content (AvgIpc) is 3.09. The molecule has 0 bridgehead atoms. The first-order chi connectivity index (χ1) is 9.97. The van der Waals surface area contributed by atoms with Crippen LogP contribution in [0.1, 0.15) is 30.0 Å². The van der Waals surface area contributed by atoms with Gasteiger partial charge in [-0.25, -0.2) is 0 Å². The molecule has 0 saturated carbocycles. The van der Waals surface area contributed by atoms with Crippen molar-refractivity contribution in [2.24, 2.45) is 7.05 Å². The number of nitrogens with zero attached hydrogens (tertiary/aromatic N) is 6. The van der Waals surface area contributed by atoms with Crippen molar-refractivity contribution in [1.29, 1.82) is 0 Å². The molecule has 0 aliphatic rings. The number of nitrogens with one attached hydrogen (secondary N) is 1. The Hall–Kier alpha value is -2.22. The lowest BCUT2D eigenvalue weighted by molar-refractivity contribution is 0.527. The molecule has 3 rings (SSSR count). The second-order valence-electron chi connectivity index (χ2n) is 5.17. The molecule has 0 spiro atoms. The van der Waals surface area contributed by atoms with Crippen molar-refractivity contribution >= 4 is 12.2 Å². The Morgan fingerprint density at radius 2 is 2.05 bits per heavy atom. The van der Waals surface area contributed by atoms with Gasteiger partial charge in [-0.2, -0.15) is 15.3 Å². The molecule has 0 aromatic carbocycles. The monoisotopic (exact) mass is 303 g/mol. The third-order valence-corrected chi connectivity index (χ3v) is 3.70. The van der Waals surface area contributed by atoms with Crippen LogP contribution in [0.15, 0.2) is 18.6 Å². The van der Waals surface area contributed by atoms with E-state index in [2.05, 4.69) is 20.4 Å². The first kappa shape index (κ1) is 13.7. The second kappa shape index (κ2) is 4.96. The Kier molecular flexibility index (Phi) is 3.25. The molecular weight excluding hydrogens is 286 g/mol. The molecule has 0 amide bonds. The molecule has 1 atom stereocenters. The third-order valence-electron chi connectivity index (χ3n) is 3.43. The Labute approximate surface area is 127 Å². The lowest BCUT2D eigenvalue weighted by atomic mass is 10.3. The minimum atomic E-state index is -0.0359.